The summed E-state index contributed by atoms with van der Waals surface area (Å²) in [4.78, 5) is 10.0. The molecule has 0 aliphatic carbocycles. The van der Waals surface area contributed by atoms with Crippen LogP contribution < -0.4 is 14.5 Å². The van der Waals surface area contributed by atoms with Gasteiger partial charge in [-0.1, -0.05) is 207 Å². The van der Waals surface area contributed by atoms with E-state index in [1.54, 1.807) is 0 Å². The van der Waals surface area contributed by atoms with Crippen LogP contribution in [-0.2, 0) is 27.1 Å². The number of rotatable bonds is 11. The van der Waals surface area contributed by atoms with Gasteiger partial charge in [-0.2, -0.15) is 0 Å². The van der Waals surface area contributed by atoms with E-state index in [2.05, 4.69) is 300 Å². The molecule has 0 unspecified atom stereocenters. The Morgan fingerprint density at radius 1 is 0.382 bits per heavy atom. The largest absolute Gasteiger partial charge is 0.457 e. The first-order chi connectivity index (χ1) is 35.8. The molecule has 76 heavy (non-hydrogen) atoms. The van der Waals surface area contributed by atoms with Gasteiger partial charge in [0.2, 0.25) is 0 Å². The van der Waals surface area contributed by atoms with Crippen molar-refractivity contribution in [3.05, 3.63) is 239 Å². The van der Waals surface area contributed by atoms with Gasteiger partial charge in [0, 0.05) is 74.0 Å². The van der Waals surface area contributed by atoms with Crippen molar-refractivity contribution in [2.75, 3.05) is 16.5 Å². The summed E-state index contributed by atoms with van der Waals surface area (Å²) in [6.45, 7) is 35.3. The fourth-order valence-electron chi connectivity index (χ4n) is 11.1. The van der Waals surface area contributed by atoms with Crippen LogP contribution in [-0.4, -0.2) is 16.2 Å². The van der Waals surface area contributed by atoms with Gasteiger partial charge < -0.3 is 14.5 Å². The highest BCUT2D eigenvalue weighted by atomic mass is 16.5. The predicted octanol–water partition coefficient (Wildman–Crippen LogP) is 18.7. The van der Waals surface area contributed by atoms with E-state index < -0.39 is 0 Å². The minimum atomic E-state index is -0.241. The van der Waals surface area contributed by atoms with Crippen molar-refractivity contribution in [2.24, 2.45) is 5.41 Å². The van der Waals surface area contributed by atoms with Gasteiger partial charge in [0.05, 0.1) is 17.7 Å². The molecule has 0 atom stereocenters. The van der Waals surface area contributed by atoms with Crippen molar-refractivity contribution < 1.29 is 4.74 Å². The zero-order valence-corrected chi connectivity index (χ0v) is 47.8. The zero-order valence-electron chi connectivity index (χ0n) is 47.8. The second-order valence-corrected chi connectivity index (χ2v) is 26.0. The Morgan fingerprint density at radius 3 is 1.46 bits per heavy atom. The van der Waals surface area contributed by atoms with Crippen LogP contribution in [0.4, 0.5) is 11.4 Å². The average molecular weight is 1000 g/mol. The Labute approximate surface area is 453 Å². The number of benzene rings is 7. The van der Waals surface area contributed by atoms with Crippen LogP contribution >= 0.6 is 0 Å². The van der Waals surface area contributed by atoms with E-state index in [0.29, 0.717) is 6.67 Å². The van der Waals surface area contributed by atoms with Gasteiger partial charge in [-0.3, -0.25) is 4.57 Å². The molecular formula is C71H78N4O. The number of anilines is 2. The summed E-state index contributed by atoms with van der Waals surface area (Å²) in [5.74, 6) is 2.46. The standard InChI is InChI=1S/C71H78N4O/c1-66(2,3)51-35-36-72-65(43-51)75-62-34-31-52(69(10,11)48-25-19-16-20-26-48)42-61(62)60-33-32-58(45-63(60)75)76-59-41-53(67(4,5)6)38-57(44-59)74-47-73(46-64(74)68(7,8)9)56-39-54(70(12,13)49-27-21-17-22-28-49)37-55(40-56)71(14,15)50-29-23-18-24-30-50/h16-46H,47H2,1-15H3. The lowest BCUT2D eigenvalue weighted by molar-refractivity contribution is 0.477. The number of hydrogen-bond acceptors (Lipinski definition) is 4. The number of ether oxygens (including phenoxy) is 1. The number of allylic oxidation sites excluding steroid dienone is 1. The maximum atomic E-state index is 7.15. The van der Waals surface area contributed by atoms with Crippen LogP contribution in [0.5, 0.6) is 11.5 Å². The smallest absolute Gasteiger partial charge is 0.137 e. The Bertz CT molecular complexity index is 3540. The van der Waals surface area contributed by atoms with E-state index in [9.17, 15) is 0 Å². The summed E-state index contributed by atoms with van der Waals surface area (Å²) in [6.07, 6.45) is 4.34. The topological polar surface area (TPSA) is 33.5 Å². The van der Waals surface area contributed by atoms with Crippen LogP contribution in [0.25, 0.3) is 27.6 Å². The van der Waals surface area contributed by atoms with Gasteiger partial charge in [0.15, 0.2) is 0 Å². The van der Waals surface area contributed by atoms with Crippen molar-refractivity contribution in [3.63, 3.8) is 0 Å². The van der Waals surface area contributed by atoms with Gasteiger partial charge in [-0.15, -0.1) is 0 Å². The molecule has 0 radical (unpaired) electrons. The van der Waals surface area contributed by atoms with Crippen molar-refractivity contribution in [3.8, 4) is 17.3 Å². The Kier molecular flexibility index (Phi) is 13.0. The Hall–Kier alpha value is -7.37. The minimum absolute atomic E-state index is 0.0483. The molecule has 0 saturated heterocycles. The fourth-order valence-corrected chi connectivity index (χ4v) is 11.1. The van der Waals surface area contributed by atoms with Crippen molar-refractivity contribution >= 4 is 33.2 Å². The molecule has 5 nitrogen and oxygen atoms in total. The van der Waals surface area contributed by atoms with Crippen LogP contribution in [0, 0.1) is 5.41 Å². The third-order valence-electron chi connectivity index (χ3n) is 16.4. The van der Waals surface area contributed by atoms with Crippen LogP contribution in [0.3, 0.4) is 0 Å². The number of aromatic nitrogens is 2. The molecule has 0 saturated carbocycles. The summed E-state index contributed by atoms with van der Waals surface area (Å²) in [6, 6.07) is 64.8. The van der Waals surface area contributed by atoms with Gasteiger partial charge in [-0.05, 0) is 116 Å². The lowest BCUT2D eigenvalue weighted by atomic mass is 9.73. The third kappa shape index (κ3) is 9.86. The molecular weight excluding hydrogens is 925 g/mol. The number of pyridine rings is 1. The van der Waals surface area contributed by atoms with Gasteiger partial charge in [0.1, 0.15) is 17.3 Å². The van der Waals surface area contributed by atoms with Crippen LogP contribution in [0.1, 0.15) is 148 Å². The molecule has 10 rings (SSSR count). The molecule has 1 aliphatic rings. The van der Waals surface area contributed by atoms with E-state index in [0.717, 1.165) is 39.4 Å². The summed E-state index contributed by atoms with van der Waals surface area (Å²) in [5.41, 5.74) is 14.8. The van der Waals surface area contributed by atoms with Crippen molar-refractivity contribution in [1.29, 1.82) is 0 Å². The van der Waals surface area contributed by atoms with Crippen LogP contribution in [0.2, 0.25) is 0 Å². The van der Waals surface area contributed by atoms with E-state index in [4.69, 9.17) is 9.72 Å². The predicted molar refractivity (Wildman–Crippen MR) is 322 cm³/mol. The Morgan fingerprint density at radius 2 is 0.921 bits per heavy atom. The highest BCUT2D eigenvalue weighted by Crippen LogP contribution is 2.46. The third-order valence-corrected chi connectivity index (χ3v) is 16.4. The molecule has 0 N–H and O–H groups in total. The number of nitrogens with zero attached hydrogens (tertiary/aromatic N) is 4. The van der Waals surface area contributed by atoms with E-state index in [-0.39, 0.29) is 32.5 Å². The molecule has 0 amide bonds. The normalized spacial score (nSPS) is 14.0. The molecule has 1 aliphatic heterocycles. The molecule has 3 heterocycles. The fraction of sp³-hybridized carbons (Fsp3) is 0.310. The molecule has 9 aromatic rings. The molecule has 7 aromatic carbocycles. The second-order valence-electron chi connectivity index (χ2n) is 26.0. The molecule has 388 valence electrons. The first-order valence-electron chi connectivity index (χ1n) is 27.3. The van der Waals surface area contributed by atoms with E-state index >= 15 is 0 Å². The maximum absolute atomic E-state index is 7.15. The minimum Gasteiger partial charge on any atom is -0.457 e. The summed E-state index contributed by atoms with van der Waals surface area (Å²) in [5, 5.41) is 2.34. The highest BCUT2D eigenvalue weighted by Gasteiger charge is 2.35. The van der Waals surface area contributed by atoms with E-state index in [1.807, 2.05) is 6.20 Å². The van der Waals surface area contributed by atoms with Crippen LogP contribution in [0.15, 0.2) is 194 Å². The number of hydrogen-bond donors (Lipinski definition) is 0. The second kappa shape index (κ2) is 19.0. The summed E-state index contributed by atoms with van der Waals surface area (Å²) in [7, 11) is 0. The lowest BCUT2D eigenvalue weighted by Crippen LogP contribution is -2.31. The molecule has 5 heteroatoms. The number of fused-ring (bicyclic) bond motifs is 3. The van der Waals surface area contributed by atoms with Gasteiger partial charge >= 0.3 is 0 Å². The quantitative estimate of drug-likeness (QED) is 0.129. The van der Waals surface area contributed by atoms with Gasteiger partial charge in [-0.25, -0.2) is 4.98 Å². The first-order valence-corrected chi connectivity index (χ1v) is 27.3. The van der Waals surface area contributed by atoms with Crippen molar-refractivity contribution in [2.45, 2.75) is 131 Å². The maximum Gasteiger partial charge on any atom is 0.137 e. The molecule has 2 aromatic heterocycles. The molecule has 0 fully saturated rings. The highest BCUT2D eigenvalue weighted by molar-refractivity contribution is 6.10. The molecule has 0 bridgehead atoms. The van der Waals surface area contributed by atoms with Crippen molar-refractivity contribution in [1.82, 2.24) is 9.55 Å². The summed E-state index contributed by atoms with van der Waals surface area (Å²) >= 11 is 0. The SMILES string of the molecule is CC(C)(C)C1=CN(c2cc(C(C)(C)c3ccccc3)cc(C(C)(C)c3ccccc3)c2)CN1c1cc(Oc2ccc3c4cc(C(C)(C)c5ccccc5)ccc4n(-c4cc(C(C)(C)C)ccn4)c3c2)cc(C(C)(C)C)c1. The monoisotopic (exact) mass is 1000 g/mol. The average Bonchev–Trinajstić information content (AvgIpc) is 4.03. The molecule has 0 spiro atoms. The summed E-state index contributed by atoms with van der Waals surface area (Å²) < 4.78 is 9.48. The van der Waals surface area contributed by atoms with E-state index in [1.165, 1.54) is 61.3 Å². The zero-order chi connectivity index (χ0) is 54.2. The lowest BCUT2D eigenvalue weighted by Gasteiger charge is -2.34. The Balaban J connectivity index is 1.07. The van der Waals surface area contributed by atoms with Gasteiger partial charge in [0.25, 0.3) is 0 Å². The first kappa shape index (κ1) is 52.1.